The highest BCUT2D eigenvalue weighted by Gasteiger charge is 2.34. The van der Waals surface area contributed by atoms with Gasteiger partial charge in [-0.05, 0) is 23.8 Å². The van der Waals surface area contributed by atoms with E-state index in [0.29, 0.717) is 25.2 Å². The topological polar surface area (TPSA) is 50.3 Å². The molecule has 8 heteroatoms. The van der Waals surface area contributed by atoms with Crippen LogP contribution in [0.5, 0.6) is 0 Å². The Labute approximate surface area is 174 Å². The first-order chi connectivity index (χ1) is 13.4. The zero-order chi connectivity index (χ0) is 19.8. The summed E-state index contributed by atoms with van der Waals surface area (Å²) >= 11 is 0. The average molecular weight is 439 g/mol. The molecule has 1 aliphatic rings. The average Bonchev–Trinajstić information content (AvgIpc) is 2.70. The van der Waals surface area contributed by atoms with E-state index in [-0.39, 0.29) is 35.0 Å². The molecule has 0 amide bonds. The number of hydrogen-bond acceptors (Lipinski definition) is 4. The van der Waals surface area contributed by atoms with Gasteiger partial charge in [0.05, 0.1) is 15.3 Å². The van der Waals surface area contributed by atoms with E-state index in [9.17, 15) is 17.2 Å². The molecule has 3 aromatic rings. The third-order valence-electron chi connectivity index (χ3n) is 5.11. The zero-order valence-electron chi connectivity index (χ0n) is 15.6. The molecule has 1 saturated heterocycles. The lowest BCUT2D eigenvalue weighted by atomic mass is 10.0. The molecule has 0 saturated carbocycles. The summed E-state index contributed by atoms with van der Waals surface area (Å²) in [6.07, 6.45) is 1.11. The Morgan fingerprint density at radius 3 is 2.34 bits per heavy atom. The molecule has 1 aromatic heterocycles. The van der Waals surface area contributed by atoms with Gasteiger partial charge in [-0.25, -0.2) is 17.2 Å². The van der Waals surface area contributed by atoms with Gasteiger partial charge in [0, 0.05) is 44.1 Å². The van der Waals surface area contributed by atoms with Gasteiger partial charge in [-0.1, -0.05) is 36.4 Å². The molecule has 2 heterocycles. The van der Waals surface area contributed by atoms with Gasteiger partial charge in [0.15, 0.2) is 0 Å². The first-order valence-electron chi connectivity index (χ1n) is 9.13. The minimum atomic E-state index is -3.64. The largest absolute Gasteiger partial charge is 0.299 e. The Morgan fingerprint density at radius 2 is 1.66 bits per heavy atom. The van der Waals surface area contributed by atoms with Crippen molar-refractivity contribution < 1.29 is 17.2 Å². The van der Waals surface area contributed by atoms with Crippen LogP contribution in [0.25, 0.3) is 10.9 Å². The van der Waals surface area contributed by atoms with Crippen LogP contribution in [0.1, 0.15) is 18.4 Å². The fraction of sp³-hybridized carbons (Fsp3) is 0.286. The van der Waals surface area contributed by atoms with Gasteiger partial charge in [0.1, 0.15) is 0 Å². The molecule has 0 atom stereocenters. The molecule has 4 rings (SSSR count). The van der Waals surface area contributed by atoms with Crippen LogP contribution in [-0.4, -0.2) is 37.3 Å². The minimum absolute atomic E-state index is 0. The Hall–Kier alpha value is -2.09. The van der Waals surface area contributed by atoms with Crippen molar-refractivity contribution in [3.63, 3.8) is 0 Å². The summed E-state index contributed by atoms with van der Waals surface area (Å²) in [5.74, 6) is -2.58. The van der Waals surface area contributed by atoms with E-state index in [1.165, 1.54) is 6.20 Å². The highest BCUT2D eigenvalue weighted by atomic mass is 35.5. The number of hydrogen-bond donors (Lipinski definition) is 0. The van der Waals surface area contributed by atoms with E-state index < -0.39 is 15.8 Å². The van der Waals surface area contributed by atoms with Crippen molar-refractivity contribution in [3.05, 3.63) is 66.4 Å². The third kappa shape index (κ3) is 4.57. The molecule has 0 bridgehead atoms. The van der Waals surface area contributed by atoms with Crippen LogP contribution in [0.15, 0.2) is 70.6 Å². The minimum Gasteiger partial charge on any atom is -0.299 e. The van der Waals surface area contributed by atoms with E-state index >= 15 is 0 Å². The van der Waals surface area contributed by atoms with Gasteiger partial charge < -0.3 is 0 Å². The number of halogens is 3. The molecule has 154 valence electrons. The number of benzene rings is 2. The Bertz CT molecular complexity index is 1100. The van der Waals surface area contributed by atoms with Crippen molar-refractivity contribution >= 4 is 33.1 Å². The number of rotatable bonds is 4. The summed E-state index contributed by atoms with van der Waals surface area (Å²) in [4.78, 5) is 6.77. The smallest absolute Gasteiger partial charge is 0.250 e. The van der Waals surface area contributed by atoms with E-state index in [4.69, 9.17) is 0 Å². The van der Waals surface area contributed by atoms with Crippen molar-refractivity contribution in [2.45, 2.75) is 35.1 Å². The van der Waals surface area contributed by atoms with Gasteiger partial charge in [-0.2, -0.15) is 0 Å². The predicted molar refractivity (Wildman–Crippen MR) is 110 cm³/mol. The molecule has 0 aliphatic carbocycles. The number of aromatic nitrogens is 1. The molecule has 29 heavy (non-hydrogen) atoms. The molecule has 4 nitrogen and oxygen atoms in total. The number of nitrogens with zero attached hydrogens (tertiary/aromatic N) is 2. The molecular weight excluding hydrogens is 418 g/mol. The van der Waals surface area contributed by atoms with Crippen molar-refractivity contribution in [3.8, 4) is 0 Å². The van der Waals surface area contributed by atoms with E-state index in [0.717, 1.165) is 10.9 Å². The van der Waals surface area contributed by atoms with Crippen molar-refractivity contribution in [2.75, 3.05) is 13.1 Å². The number of pyridine rings is 1. The Balaban J connectivity index is 0.00000240. The van der Waals surface area contributed by atoms with Crippen LogP contribution < -0.4 is 0 Å². The van der Waals surface area contributed by atoms with Gasteiger partial charge in [-0.3, -0.25) is 9.88 Å². The number of alkyl halides is 2. The van der Waals surface area contributed by atoms with Crippen LogP contribution in [0.2, 0.25) is 0 Å². The summed E-state index contributed by atoms with van der Waals surface area (Å²) < 4.78 is 52.4. The Morgan fingerprint density at radius 1 is 0.966 bits per heavy atom. The third-order valence-corrected chi connectivity index (χ3v) is 6.85. The normalized spacial score (nSPS) is 17.0. The van der Waals surface area contributed by atoms with Gasteiger partial charge >= 0.3 is 0 Å². The van der Waals surface area contributed by atoms with Crippen LogP contribution in [0, 0.1) is 0 Å². The fourth-order valence-corrected chi connectivity index (χ4v) is 4.75. The number of likely N-dealkylation sites (tertiary alicyclic amines) is 1. The molecule has 0 unspecified atom stereocenters. The molecule has 0 spiro atoms. The molecular formula is C21H21ClF2N2O2S. The maximum Gasteiger partial charge on any atom is 0.250 e. The first-order valence-corrected chi connectivity index (χ1v) is 10.6. The monoisotopic (exact) mass is 438 g/mol. The molecule has 0 radical (unpaired) electrons. The van der Waals surface area contributed by atoms with E-state index in [1.807, 2.05) is 23.1 Å². The highest BCUT2D eigenvalue weighted by molar-refractivity contribution is 7.91. The van der Waals surface area contributed by atoms with Crippen LogP contribution in [0.3, 0.4) is 0 Å². The molecule has 1 fully saturated rings. The second kappa shape index (κ2) is 8.34. The summed E-state index contributed by atoms with van der Waals surface area (Å²) in [6, 6.07) is 15.4. The zero-order valence-corrected chi connectivity index (χ0v) is 17.2. The summed E-state index contributed by atoms with van der Waals surface area (Å²) in [5, 5.41) is 0.719. The van der Waals surface area contributed by atoms with Crippen LogP contribution >= 0.6 is 12.4 Å². The van der Waals surface area contributed by atoms with Crippen LogP contribution in [0.4, 0.5) is 8.78 Å². The standard InChI is InChI=1S/C21H20F2N2O2S.ClH/c22-21(23)9-11-25(12-10-21)15-17-6-4-5-16-13-19(14-24-20(16)17)28(26,27)18-7-2-1-3-8-18;/h1-8,13-14H,9-12,15H2;1H. The number of para-hydroxylation sites is 1. The maximum atomic E-state index is 13.4. The lowest BCUT2D eigenvalue weighted by molar-refractivity contribution is -0.0565. The molecule has 0 N–H and O–H groups in total. The second-order valence-electron chi connectivity index (χ2n) is 7.11. The lowest BCUT2D eigenvalue weighted by Gasteiger charge is -2.31. The Kier molecular flexibility index (Phi) is 6.22. The number of sulfone groups is 1. The van der Waals surface area contributed by atoms with Gasteiger partial charge in [-0.15, -0.1) is 12.4 Å². The van der Waals surface area contributed by atoms with E-state index in [2.05, 4.69) is 4.98 Å². The fourth-order valence-electron chi connectivity index (χ4n) is 3.49. The maximum absolute atomic E-state index is 13.4. The van der Waals surface area contributed by atoms with Gasteiger partial charge in [0.25, 0.3) is 5.92 Å². The summed E-state index contributed by atoms with van der Waals surface area (Å²) in [5.41, 5.74) is 1.61. The van der Waals surface area contributed by atoms with Crippen molar-refractivity contribution in [2.24, 2.45) is 0 Å². The second-order valence-corrected chi connectivity index (χ2v) is 9.06. The van der Waals surface area contributed by atoms with Crippen molar-refractivity contribution in [1.29, 1.82) is 0 Å². The molecule has 1 aliphatic heterocycles. The SMILES string of the molecule is Cl.O=S(=O)(c1ccccc1)c1cnc2c(CN3CCC(F)(F)CC3)cccc2c1. The van der Waals surface area contributed by atoms with Gasteiger partial charge in [0.2, 0.25) is 9.84 Å². The van der Waals surface area contributed by atoms with Crippen LogP contribution in [-0.2, 0) is 16.4 Å². The first kappa shape index (κ1) is 21.6. The van der Waals surface area contributed by atoms with E-state index in [1.54, 1.807) is 36.4 Å². The lowest BCUT2D eigenvalue weighted by Crippen LogP contribution is -2.38. The molecule has 2 aromatic carbocycles. The number of fused-ring (bicyclic) bond motifs is 1. The summed E-state index contributed by atoms with van der Waals surface area (Å²) in [6.45, 7) is 1.19. The van der Waals surface area contributed by atoms with Crippen molar-refractivity contribution in [1.82, 2.24) is 9.88 Å². The highest BCUT2D eigenvalue weighted by Crippen LogP contribution is 2.30. The quantitative estimate of drug-likeness (QED) is 0.591. The predicted octanol–water partition coefficient (Wildman–Crippen LogP) is 4.72. The number of piperidine rings is 1. The summed E-state index contributed by atoms with van der Waals surface area (Å²) in [7, 11) is -3.64.